The van der Waals surface area contributed by atoms with Gasteiger partial charge >= 0.3 is 0 Å². The van der Waals surface area contributed by atoms with Crippen molar-refractivity contribution in [3.8, 4) is 0 Å². The standard InChI is InChI=1S/C14H17FN2O3S/c1-2-9-16-14(18)13-4-3-10-17(13)21(19,20)12-7-5-11(15)6-8-12/h2,5-8,13H,1,3-4,9-10H2,(H,16,18)/t13-/m0/s1. The van der Waals surface area contributed by atoms with Crippen LogP contribution in [0.15, 0.2) is 41.8 Å². The van der Waals surface area contributed by atoms with Crippen LogP contribution in [-0.4, -0.2) is 37.8 Å². The molecule has 1 saturated heterocycles. The molecule has 0 unspecified atom stereocenters. The smallest absolute Gasteiger partial charge is 0.243 e. The first-order chi connectivity index (χ1) is 9.96. The van der Waals surface area contributed by atoms with Gasteiger partial charge in [0.25, 0.3) is 0 Å². The molecule has 7 heteroatoms. The van der Waals surface area contributed by atoms with E-state index in [-0.39, 0.29) is 17.3 Å². The van der Waals surface area contributed by atoms with E-state index >= 15 is 0 Å². The van der Waals surface area contributed by atoms with E-state index < -0.39 is 21.9 Å². The summed E-state index contributed by atoms with van der Waals surface area (Å²) in [5.74, 6) is -0.839. The van der Waals surface area contributed by atoms with Gasteiger partial charge in [-0.25, -0.2) is 12.8 Å². The topological polar surface area (TPSA) is 66.5 Å². The number of nitrogens with one attached hydrogen (secondary N) is 1. The number of carbonyl (C=O) groups is 1. The summed E-state index contributed by atoms with van der Waals surface area (Å²) in [7, 11) is -3.79. The molecular weight excluding hydrogens is 295 g/mol. The van der Waals surface area contributed by atoms with E-state index in [2.05, 4.69) is 11.9 Å². The number of nitrogens with zero attached hydrogens (tertiary/aromatic N) is 1. The van der Waals surface area contributed by atoms with Gasteiger partial charge in [-0.2, -0.15) is 4.31 Å². The van der Waals surface area contributed by atoms with Crippen molar-refractivity contribution in [3.63, 3.8) is 0 Å². The fourth-order valence-corrected chi connectivity index (χ4v) is 3.98. The lowest BCUT2D eigenvalue weighted by atomic mass is 10.2. The normalized spacial score (nSPS) is 19.4. The average Bonchev–Trinajstić information content (AvgIpc) is 2.95. The Balaban J connectivity index is 2.24. The molecule has 1 heterocycles. The molecule has 114 valence electrons. The molecule has 0 radical (unpaired) electrons. The highest BCUT2D eigenvalue weighted by Crippen LogP contribution is 2.26. The molecule has 21 heavy (non-hydrogen) atoms. The minimum atomic E-state index is -3.79. The summed E-state index contributed by atoms with van der Waals surface area (Å²) >= 11 is 0. The van der Waals surface area contributed by atoms with Crippen LogP contribution in [0.2, 0.25) is 0 Å². The molecule has 0 spiro atoms. The highest BCUT2D eigenvalue weighted by molar-refractivity contribution is 7.89. The third-order valence-corrected chi connectivity index (χ3v) is 5.27. The fraction of sp³-hybridized carbons (Fsp3) is 0.357. The zero-order chi connectivity index (χ0) is 15.5. The second-order valence-electron chi connectivity index (χ2n) is 4.76. The predicted molar refractivity (Wildman–Crippen MR) is 76.5 cm³/mol. The van der Waals surface area contributed by atoms with Gasteiger partial charge in [0, 0.05) is 13.1 Å². The van der Waals surface area contributed by atoms with Gasteiger partial charge in [0.2, 0.25) is 15.9 Å². The number of carbonyl (C=O) groups excluding carboxylic acids is 1. The molecule has 1 N–H and O–H groups in total. The summed E-state index contributed by atoms with van der Waals surface area (Å²) < 4.78 is 39.2. The first-order valence-electron chi connectivity index (χ1n) is 6.63. The van der Waals surface area contributed by atoms with Gasteiger partial charge in [0.1, 0.15) is 11.9 Å². The highest BCUT2D eigenvalue weighted by Gasteiger charge is 2.39. The summed E-state index contributed by atoms with van der Waals surface area (Å²) in [6, 6.07) is 3.88. The molecule has 0 aromatic heterocycles. The first kappa shape index (κ1) is 15.7. The maximum absolute atomic E-state index is 12.9. The Morgan fingerprint density at radius 1 is 1.43 bits per heavy atom. The number of rotatable bonds is 5. The maximum atomic E-state index is 12.9. The van der Waals surface area contributed by atoms with Crippen LogP contribution >= 0.6 is 0 Å². The van der Waals surface area contributed by atoms with Gasteiger partial charge in [-0.3, -0.25) is 4.79 Å². The maximum Gasteiger partial charge on any atom is 0.243 e. The Kier molecular flexibility index (Phi) is 4.74. The van der Waals surface area contributed by atoms with Crippen molar-refractivity contribution in [1.29, 1.82) is 0 Å². The van der Waals surface area contributed by atoms with Crippen molar-refractivity contribution in [3.05, 3.63) is 42.7 Å². The molecule has 0 aliphatic carbocycles. The second kappa shape index (κ2) is 6.36. The van der Waals surface area contributed by atoms with E-state index in [0.717, 1.165) is 12.1 Å². The van der Waals surface area contributed by atoms with Crippen molar-refractivity contribution in [2.75, 3.05) is 13.1 Å². The van der Waals surface area contributed by atoms with Crippen LogP contribution in [-0.2, 0) is 14.8 Å². The van der Waals surface area contributed by atoms with Crippen LogP contribution in [0.5, 0.6) is 0 Å². The molecule has 1 aromatic rings. The number of hydrogen-bond acceptors (Lipinski definition) is 3. The third-order valence-electron chi connectivity index (χ3n) is 3.35. The lowest BCUT2D eigenvalue weighted by molar-refractivity contribution is -0.123. The minimum absolute atomic E-state index is 0.00711. The van der Waals surface area contributed by atoms with Crippen LogP contribution < -0.4 is 5.32 Å². The molecule has 5 nitrogen and oxygen atoms in total. The van der Waals surface area contributed by atoms with E-state index in [1.165, 1.54) is 22.5 Å². The number of amides is 1. The molecule has 1 aromatic carbocycles. The summed E-state index contributed by atoms with van der Waals surface area (Å²) in [5.41, 5.74) is 0. The zero-order valence-corrected chi connectivity index (χ0v) is 12.3. The number of sulfonamides is 1. The molecular formula is C14H17FN2O3S. The predicted octanol–water partition coefficient (Wildman–Crippen LogP) is 1.28. The van der Waals surface area contributed by atoms with Gasteiger partial charge in [0.15, 0.2) is 0 Å². The van der Waals surface area contributed by atoms with Crippen molar-refractivity contribution in [2.45, 2.75) is 23.8 Å². The summed E-state index contributed by atoms with van der Waals surface area (Å²) in [4.78, 5) is 12.0. The SMILES string of the molecule is C=CCNC(=O)[C@@H]1CCCN1S(=O)(=O)c1ccc(F)cc1. The molecule has 1 aliphatic rings. The first-order valence-corrected chi connectivity index (χ1v) is 8.07. The zero-order valence-electron chi connectivity index (χ0n) is 11.5. The third kappa shape index (κ3) is 3.30. The van der Waals surface area contributed by atoms with Crippen LogP contribution in [0, 0.1) is 5.82 Å². The van der Waals surface area contributed by atoms with Gasteiger partial charge in [-0.05, 0) is 37.1 Å². The van der Waals surface area contributed by atoms with E-state index in [1.807, 2.05) is 0 Å². The monoisotopic (exact) mass is 312 g/mol. The average molecular weight is 312 g/mol. The Hall–Kier alpha value is -1.73. The van der Waals surface area contributed by atoms with Crippen molar-refractivity contribution in [1.82, 2.24) is 9.62 Å². The fourth-order valence-electron chi connectivity index (χ4n) is 2.32. The summed E-state index contributed by atoms with van der Waals surface area (Å²) in [6.07, 6.45) is 2.63. The van der Waals surface area contributed by atoms with Crippen LogP contribution in [0.25, 0.3) is 0 Å². The van der Waals surface area contributed by atoms with Gasteiger partial charge in [-0.15, -0.1) is 6.58 Å². The Labute approximate surface area is 123 Å². The Morgan fingerprint density at radius 2 is 2.10 bits per heavy atom. The Morgan fingerprint density at radius 3 is 2.71 bits per heavy atom. The van der Waals surface area contributed by atoms with Crippen molar-refractivity contribution < 1.29 is 17.6 Å². The van der Waals surface area contributed by atoms with Crippen LogP contribution in [0.1, 0.15) is 12.8 Å². The number of benzene rings is 1. The molecule has 1 fully saturated rings. The number of halogens is 1. The van der Waals surface area contributed by atoms with Crippen LogP contribution in [0.3, 0.4) is 0 Å². The van der Waals surface area contributed by atoms with E-state index in [4.69, 9.17) is 0 Å². The lowest BCUT2D eigenvalue weighted by Gasteiger charge is -2.23. The Bertz CT molecular complexity index is 628. The lowest BCUT2D eigenvalue weighted by Crippen LogP contribution is -2.45. The second-order valence-corrected chi connectivity index (χ2v) is 6.65. The molecule has 1 amide bonds. The largest absolute Gasteiger partial charge is 0.351 e. The van der Waals surface area contributed by atoms with Gasteiger partial charge < -0.3 is 5.32 Å². The number of hydrogen-bond donors (Lipinski definition) is 1. The molecule has 1 atom stereocenters. The molecule has 0 saturated carbocycles. The van der Waals surface area contributed by atoms with E-state index in [1.54, 1.807) is 0 Å². The van der Waals surface area contributed by atoms with Crippen molar-refractivity contribution in [2.24, 2.45) is 0 Å². The summed E-state index contributed by atoms with van der Waals surface area (Å²) in [6.45, 7) is 4.08. The van der Waals surface area contributed by atoms with Gasteiger partial charge in [0.05, 0.1) is 4.90 Å². The van der Waals surface area contributed by atoms with E-state index in [9.17, 15) is 17.6 Å². The molecule has 1 aliphatic heterocycles. The van der Waals surface area contributed by atoms with Gasteiger partial charge in [-0.1, -0.05) is 6.08 Å². The van der Waals surface area contributed by atoms with E-state index in [0.29, 0.717) is 19.4 Å². The summed E-state index contributed by atoms with van der Waals surface area (Å²) in [5, 5.41) is 2.61. The van der Waals surface area contributed by atoms with Crippen LogP contribution in [0.4, 0.5) is 4.39 Å². The molecule has 0 bridgehead atoms. The molecule has 2 rings (SSSR count). The highest BCUT2D eigenvalue weighted by atomic mass is 32.2. The minimum Gasteiger partial charge on any atom is -0.351 e. The van der Waals surface area contributed by atoms with Crippen molar-refractivity contribution >= 4 is 15.9 Å². The quantitative estimate of drug-likeness (QED) is 0.833.